The van der Waals surface area contributed by atoms with Gasteiger partial charge in [0.2, 0.25) is 5.91 Å². The minimum atomic E-state index is -0.413. The van der Waals surface area contributed by atoms with E-state index in [4.69, 9.17) is 0 Å². The molecule has 146 valence electrons. The molecule has 2 aliphatic rings. The number of likely N-dealkylation sites (tertiary alicyclic amines) is 1. The zero-order chi connectivity index (χ0) is 19.2. The fraction of sp³-hybridized carbons (Fsp3) is 0.571. The summed E-state index contributed by atoms with van der Waals surface area (Å²) >= 11 is 0. The van der Waals surface area contributed by atoms with Crippen molar-refractivity contribution in [3.63, 3.8) is 0 Å². The van der Waals surface area contributed by atoms with Crippen LogP contribution in [0, 0.1) is 5.92 Å². The minimum absolute atomic E-state index is 0.0385. The molecule has 1 aromatic rings. The van der Waals surface area contributed by atoms with Gasteiger partial charge in [-0.3, -0.25) is 9.59 Å². The SMILES string of the molecule is COC(=O)c1ccc(C(=O)N2CCC(NC(=O)C3CCCCC3)CC2)cc1. The first kappa shape index (κ1) is 19.4. The van der Waals surface area contributed by atoms with Crippen LogP contribution in [-0.4, -0.2) is 48.9 Å². The second-order valence-electron chi connectivity index (χ2n) is 7.48. The molecule has 27 heavy (non-hydrogen) atoms. The van der Waals surface area contributed by atoms with Gasteiger partial charge in [0, 0.05) is 30.6 Å². The molecule has 2 fully saturated rings. The second-order valence-corrected chi connectivity index (χ2v) is 7.48. The number of amides is 2. The predicted octanol–water partition coefficient (Wildman–Crippen LogP) is 2.77. The Bertz CT molecular complexity index is 672. The normalized spacial score (nSPS) is 18.8. The number of nitrogens with zero attached hydrogens (tertiary/aromatic N) is 1. The number of esters is 1. The van der Waals surface area contributed by atoms with Crippen LogP contribution in [0.1, 0.15) is 65.7 Å². The van der Waals surface area contributed by atoms with Crippen molar-refractivity contribution in [1.29, 1.82) is 0 Å². The fourth-order valence-corrected chi connectivity index (χ4v) is 3.96. The molecule has 1 heterocycles. The predicted molar refractivity (Wildman–Crippen MR) is 101 cm³/mol. The average Bonchev–Trinajstić information content (AvgIpc) is 2.74. The maximum absolute atomic E-state index is 12.6. The first-order valence-corrected chi connectivity index (χ1v) is 9.86. The van der Waals surface area contributed by atoms with Gasteiger partial charge in [-0.1, -0.05) is 19.3 Å². The number of piperidine rings is 1. The summed E-state index contributed by atoms with van der Waals surface area (Å²) in [7, 11) is 1.33. The maximum atomic E-state index is 12.6. The molecule has 6 nitrogen and oxygen atoms in total. The van der Waals surface area contributed by atoms with Crippen LogP contribution in [-0.2, 0) is 9.53 Å². The maximum Gasteiger partial charge on any atom is 0.337 e. The van der Waals surface area contributed by atoms with Crippen LogP contribution in [0.15, 0.2) is 24.3 Å². The highest BCUT2D eigenvalue weighted by Crippen LogP contribution is 2.24. The summed E-state index contributed by atoms with van der Waals surface area (Å²) in [5.41, 5.74) is 0.991. The molecule has 0 unspecified atom stereocenters. The molecule has 0 spiro atoms. The summed E-state index contributed by atoms with van der Waals surface area (Å²) in [6.07, 6.45) is 7.12. The molecule has 0 aromatic heterocycles. The molecule has 2 amide bonds. The van der Waals surface area contributed by atoms with Gasteiger partial charge in [0.05, 0.1) is 12.7 Å². The molecule has 3 rings (SSSR count). The number of hydrogen-bond acceptors (Lipinski definition) is 4. The summed E-state index contributed by atoms with van der Waals surface area (Å²) in [5, 5.41) is 3.19. The lowest BCUT2D eigenvalue weighted by atomic mass is 9.88. The van der Waals surface area contributed by atoms with E-state index in [1.165, 1.54) is 13.5 Å². The zero-order valence-electron chi connectivity index (χ0n) is 15.9. The van der Waals surface area contributed by atoms with Gasteiger partial charge in [-0.2, -0.15) is 0 Å². The number of methoxy groups -OCH3 is 1. The van der Waals surface area contributed by atoms with Gasteiger partial charge in [0.25, 0.3) is 5.91 Å². The van der Waals surface area contributed by atoms with Gasteiger partial charge in [-0.25, -0.2) is 4.79 Å². The molecule has 0 radical (unpaired) electrons. The number of rotatable bonds is 4. The Labute approximate surface area is 160 Å². The van der Waals surface area contributed by atoms with Crippen LogP contribution in [0.4, 0.5) is 0 Å². The van der Waals surface area contributed by atoms with E-state index in [1.807, 2.05) is 4.90 Å². The number of benzene rings is 1. The van der Waals surface area contributed by atoms with Gasteiger partial charge in [-0.15, -0.1) is 0 Å². The van der Waals surface area contributed by atoms with E-state index in [2.05, 4.69) is 10.1 Å². The first-order valence-electron chi connectivity index (χ1n) is 9.86. The summed E-state index contributed by atoms with van der Waals surface area (Å²) in [6.45, 7) is 1.26. The van der Waals surface area contributed by atoms with Crippen molar-refractivity contribution in [3.05, 3.63) is 35.4 Å². The summed E-state index contributed by atoms with van der Waals surface area (Å²) in [4.78, 5) is 38.3. The molecule has 1 aliphatic carbocycles. The van der Waals surface area contributed by atoms with E-state index in [0.29, 0.717) is 24.2 Å². The molecule has 1 saturated heterocycles. The number of carbonyl (C=O) groups excluding carboxylic acids is 3. The number of nitrogens with one attached hydrogen (secondary N) is 1. The quantitative estimate of drug-likeness (QED) is 0.825. The van der Waals surface area contributed by atoms with Crippen molar-refractivity contribution in [3.8, 4) is 0 Å². The van der Waals surface area contributed by atoms with E-state index in [0.717, 1.165) is 38.5 Å². The highest BCUT2D eigenvalue weighted by atomic mass is 16.5. The van der Waals surface area contributed by atoms with Gasteiger partial charge in [0.1, 0.15) is 0 Å². The molecule has 1 aromatic carbocycles. The average molecular weight is 372 g/mol. The number of ether oxygens (including phenoxy) is 1. The van der Waals surface area contributed by atoms with Gasteiger partial charge in [0.15, 0.2) is 0 Å². The van der Waals surface area contributed by atoms with E-state index < -0.39 is 5.97 Å². The van der Waals surface area contributed by atoms with Crippen LogP contribution in [0.3, 0.4) is 0 Å². The standard InChI is InChI=1S/C21H28N2O4/c1-27-21(26)17-9-7-16(8-10-17)20(25)23-13-11-18(12-14-23)22-19(24)15-5-3-2-4-6-15/h7-10,15,18H,2-6,11-14H2,1H3,(H,22,24). The minimum Gasteiger partial charge on any atom is -0.465 e. The first-order chi connectivity index (χ1) is 13.1. The molecular weight excluding hydrogens is 344 g/mol. The molecule has 1 saturated carbocycles. The van der Waals surface area contributed by atoms with Gasteiger partial charge < -0.3 is 15.0 Å². The third kappa shape index (κ3) is 4.87. The van der Waals surface area contributed by atoms with Gasteiger partial charge >= 0.3 is 5.97 Å². The van der Waals surface area contributed by atoms with Crippen LogP contribution >= 0.6 is 0 Å². The lowest BCUT2D eigenvalue weighted by Crippen LogP contribution is -2.48. The highest BCUT2D eigenvalue weighted by Gasteiger charge is 2.27. The van der Waals surface area contributed by atoms with Crippen molar-refractivity contribution >= 4 is 17.8 Å². The number of hydrogen-bond donors (Lipinski definition) is 1. The lowest BCUT2D eigenvalue weighted by Gasteiger charge is -2.33. The van der Waals surface area contributed by atoms with Crippen LogP contribution in [0.2, 0.25) is 0 Å². The summed E-state index contributed by atoms with van der Waals surface area (Å²) < 4.78 is 4.67. The Morgan fingerprint density at radius 3 is 2.11 bits per heavy atom. The van der Waals surface area contributed by atoms with E-state index in [-0.39, 0.29) is 23.8 Å². The van der Waals surface area contributed by atoms with Crippen molar-refractivity contribution in [2.45, 2.75) is 51.0 Å². The monoisotopic (exact) mass is 372 g/mol. The molecule has 0 atom stereocenters. The largest absolute Gasteiger partial charge is 0.465 e. The summed E-state index contributed by atoms with van der Waals surface area (Å²) in [6, 6.07) is 6.69. The Balaban J connectivity index is 1.48. The fourth-order valence-electron chi connectivity index (χ4n) is 3.96. The van der Waals surface area contributed by atoms with Crippen molar-refractivity contribution in [1.82, 2.24) is 10.2 Å². The van der Waals surface area contributed by atoms with Gasteiger partial charge in [-0.05, 0) is 49.9 Å². The number of carbonyl (C=O) groups is 3. The Hall–Kier alpha value is -2.37. The molecule has 6 heteroatoms. The second kappa shape index (κ2) is 9.02. The van der Waals surface area contributed by atoms with Crippen molar-refractivity contribution in [2.24, 2.45) is 5.92 Å². The Morgan fingerprint density at radius 2 is 1.52 bits per heavy atom. The van der Waals surface area contributed by atoms with E-state index >= 15 is 0 Å². The van der Waals surface area contributed by atoms with Crippen LogP contribution < -0.4 is 5.32 Å². The van der Waals surface area contributed by atoms with Crippen molar-refractivity contribution in [2.75, 3.05) is 20.2 Å². The Morgan fingerprint density at radius 1 is 0.926 bits per heavy atom. The smallest absolute Gasteiger partial charge is 0.337 e. The Kier molecular flexibility index (Phi) is 6.48. The van der Waals surface area contributed by atoms with E-state index in [9.17, 15) is 14.4 Å². The zero-order valence-corrected chi connectivity index (χ0v) is 15.9. The molecular formula is C21H28N2O4. The lowest BCUT2D eigenvalue weighted by molar-refractivity contribution is -0.126. The van der Waals surface area contributed by atoms with E-state index in [1.54, 1.807) is 24.3 Å². The third-order valence-electron chi connectivity index (χ3n) is 5.66. The third-order valence-corrected chi connectivity index (χ3v) is 5.66. The van der Waals surface area contributed by atoms with Crippen molar-refractivity contribution < 1.29 is 19.1 Å². The topological polar surface area (TPSA) is 75.7 Å². The highest BCUT2D eigenvalue weighted by molar-refractivity contribution is 5.96. The van der Waals surface area contributed by atoms with Crippen LogP contribution in [0.5, 0.6) is 0 Å². The molecule has 1 aliphatic heterocycles. The molecule has 1 N–H and O–H groups in total. The summed E-state index contributed by atoms with van der Waals surface area (Å²) in [5.74, 6) is -0.0865. The van der Waals surface area contributed by atoms with Crippen LogP contribution in [0.25, 0.3) is 0 Å². The molecule has 0 bridgehead atoms.